The molecule has 0 aliphatic carbocycles. The van der Waals surface area contributed by atoms with E-state index in [1.807, 2.05) is 0 Å². The lowest BCUT2D eigenvalue weighted by Crippen LogP contribution is -2.33. The third-order valence-electron chi connectivity index (χ3n) is 8.54. The monoisotopic (exact) mass is 650 g/mol. The SMILES string of the molecule is O=C(NCC1CCN(C(=O)/C=C/c2ccc(F)cc2)C1)c1cc2ccccc2cc1C(=O)C(c1cccc2ccccc12)P(=O)(O)O. The van der Waals surface area contributed by atoms with E-state index in [2.05, 4.69) is 5.32 Å². The maximum Gasteiger partial charge on any atom is 0.340 e. The molecule has 6 rings (SSSR count). The summed E-state index contributed by atoms with van der Waals surface area (Å²) >= 11 is 0. The number of carbonyl (C=O) groups excluding carboxylic acids is 3. The van der Waals surface area contributed by atoms with Crippen molar-refractivity contribution in [3.63, 3.8) is 0 Å². The Kier molecular flexibility index (Phi) is 9.14. The Hall–Kier alpha value is -4.95. The number of carbonyl (C=O) groups is 3. The summed E-state index contributed by atoms with van der Waals surface area (Å²) in [6, 6.07) is 28.1. The van der Waals surface area contributed by atoms with Crippen molar-refractivity contribution in [2.75, 3.05) is 19.6 Å². The number of nitrogens with one attached hydrogen (secondary N) is 1. The number of rotatable bonds is 9. The van der Waals surface area contributed by atoms with Gasteiger partial charge in [0.15, 0.2) is 5.78 Å². The highest BCUT2D eigenvalue weighted by atomic mass is 31.2. The highest BCUT2D eigenvalue weighted by Crippen LogP contribution is 2.55. The van der Waals surface area contributed by atoms with Crippen molar-refractivity contribution >= 4 is 52.8 Å². The van der Waals surface area contributed by atoms with Crippen molar-refractivity contribution in [2.24, 2.45) is 5.92 Å². The topological polar surface area (TPSA) is 124 Å². The van der Waals surface area contributed by atoms with Gasteiger partial charge in [0, 0.05) is 31.3 Å². The minimum atomic E-state index is -5.05. The number of amides is 2. The summed E-state index contributed by atoms with van der Waals surface area (Å²) in [5, 5.41) is 5.50. The van der Waals surface area contributed by atoms with Crippen LogP contribution >= 0.6 is 7.60 Å². The maximum atomic E-state index is 14.2. The molecule has 2 atom stereocenters. The number of Topliss-reactive ketones (excluding diaryl/α,β-unsaturated/α-hetero) is 1. The second-order valence-corrected chi connectivity index (χ2v) is 13.4. The van der Waals surface area contributed by atoms with Gasteiger partial charge < -0.3 is 20.0 Å². The first kappa shape index (κ1) is 32.0. The summed E-state index contributed by atoms with van der Waals surface area (Å²) in [5.41, 5.74) is -1.01. The molecule has 5 aromatic carbocycles. The van der Waals surface area contributed by atoms with Crippen LogP contribution in [0, 0.1) is 11.7 Å². The normalized spacial score (nSPS) is 15.7. The zero-order valence-electron chi connectivity index (χ0n) is 25.3. The van der Waals surface area contributed by atoms with Gasteiger partial charge in [-0.1, -0.05) is 78.9 Å². The van der Waals surface area contributed by atoms with Crippen LogP contribution in [0.15, 0.2) is 109 Å². The minimum Gasteiger partial charge on any atom is -0.352 e. The van der Waals surface area contributed by atoms with E-state index in [-0.39, 0.29) is 40.9 Å². The van der Waals surface area contributed by atoms with E-state index in [1.54, 1.807) is 89.8 Å². The Labute approximate surface area is 270 Å². The highest BCUT2D eigenvalue weighted by molar-refractivity contribution is 7.53. The average Bonchev–Trinajstić information content (AvgIpc) is 3.55. The van der Waals surface area contributed by atoms with Crippen LogP contribution in [0.1, 0.15) is 43.9 Å². The Bertz CT molecular complexity index is 2070. The van der Waals surface area contributed by atoms with Gasteiger partial charge in [0.05, 0.1) is 5.56 Å². The molecule has 1 heterocycles. The van der Waals surface area contributed by atoms with Gasteiger partial charge in [-0.25, -0.2) is 4.39 Å². The fourth-order valence-electron chi connectivity index (χ4n) is 6.12. The second kappa shape index (κ2) is 13.4. The van der Waals surface area contributed by atoms with Crippen LogP contribution in [0.2, 0.25) is 0 Å². The molecule has 2 unspecified atom stereocenters. The summed E-state index contributed by atoms with van der Waals surface area (Å²) in [5.74, 6) is -1.99. The molecule has 1 aliphatic rings. The number of nitrogens with zero attached hydrogens (tertiary/aromatic N) is 1. The molecule has 0 radical (unpaired) electrons. The summed E-state index contributed by atoms with van der Waals surface area (Å²) in [4.78, 5) is 63.4. The van der Waals surface area contributed by atoms with Crippen LogP contribution in [-0.2, 0) is 9.36 Å². The molecule has 1 aliphatic heterocycles. The molecule has 8 nitrogen and oxygen atoms in total. The molecule has 0 bridgehead atoms. The first-order valence-corrected chi connectivity index (χ1v) is 16.9. The number of halogens is 1. The lowest BCUT2D eigenvalue weighted by atomic mass is 9.92. The van der Waals surface area contributed by atoms with E-state index >= 15 is 0 Å². The fourth-order valence-corrected chi connectivity index (χ4v) is 7.15. The number of fused-ring (bicyclic) bond motifs is 2. The van der Waals surface area contributed by atoms with Crippen LogP contribution in [0.4, 0.5) is 4.39 Å². The van der Waals surface area contributed by atoms with E-state index in [0.717, 1.165) is 5.39 Å². The summed E-state index contributed by atoms with van der Waals surface area (Å²) in [7, 11) is -5.05. The Morgan fingerprint density at radius 1 is 0.872 bits per heavy atom. The summed E-state index contributed by atoms with van der Waals surface area (Å²) < 4.78 is 26.2. The fraction of sp³-hybridized carbons (Fsp3) is 0.162. The molecule has 5 aromatic rings. The average molecular weight is 651 g/mol. The highest BCUT2D eigenvalue weighted by Gasteiger charge is 2.40. The molecule has 0 aromatic heterocycles. The van der Waals surface area contributed by atoms with Gasteiger partial charge in [0.2, 0.25) is 5.91 Å². The standard InChI is InChI=1S/C37H32FN2O6P/c38-29-15-12-24(13-16-29)14-17-34(41)40-19-18-25(23-40)22-39-37(43)33-21-28-8-2-1-7-27(28)20-32(33)35(42)36(47(44,45)46)31-11-5-9-26-6-3-4-10-30(26)31/h1-17,20-21,25,36H,18-19,22-23H2,(H,39,43)(H2,44,45,46)/b17-14+. The van der Waals surface area contributed by atoms with E-state index in [4.69, 9.17) is 0 Å². The third-order valence-corrected chi connectivity index (χ3v) is 9.72. The van der Waals surface area contributed by atoms with Gasteiger partial charge >= 0.3 is 7.60 Å². The first-order valence-electron chi connectivity index (χ1n) is 15.2. The van der Waals surface area contributed by atoms with Gasteiger partial charge in [-0.15, -0.1) is 0 Å². The third kappa shape index (κ3) is 7.08. The number of ketones is 1. The molecular formula is C37H32FN2O6P. The Morgan fingerprint density at radius 2 is 1.51 bits per heavy atom. The molecule has 238 valence electrons. The van der Waals surface area contributed by atoms with Crippen molar-refractivity contribution in [3.05, 3.63) is 137 Å². The number of hydrogen-bond acceptors (Lipinski definition) is 4. The molecule has 47 heavy (non-hydrogen) atoms. The largest absolute Gasteiger partial charge is 0.352 e. The second-order valence-electron chi connectivity index (χ2n) is 11.7. The molecule has 0 spiro atoms. The van der Waals surface area contributed by atoms with Crippen LogP contribution in [0.25, 0.3) is 27.6 Å². The van der Waals surface area contributed by atoms with Crippen LogP contribution in [0.3, 0.4) is 0 Å². The smallest absolute Gasteiger partial charge is 0.340 e. The Morgan fingerprint density at radius 3 is 2.21 bits per heavy atom. The van der Waals surface area contributed by atoms with E-state index < -0.39 is 24.9 Å². The van der Waals surface area contributed by atoms with E-state index in [9.17, 15) is 33.1 Å². The zero-order chi connectivity index (χ0) is 33.1. The molecule has 10 heteroatoms. The lowest BCUT2D eigenvalue weighted by Gasteiger charge is -2.21. The maximum absolute atomic E-state index is 14.2. The van der Waals surface area contributed by atoms with Crippen LogP contribution < -0.4 is 5.32 Å². The van der Waals surface area contributed by atoms with Crippen molar-refractivity contribution < 1.29 is 33.1 Å². The van der Waals surface area contributed by atoms with E-state index in [1.165, 1.54) is 30.3 Å². The quantitative estimate of drug-likeness (QED) is 0.0948. The molecule has 0 saturated carbocycles. The van der Waals surface area contributed by atoms with Crippen LogP contribution in [0.5, 0.6) is 0 Å². The molecular weight excluding hydrogens is 618 g/mol. The van der Waals surface area contributed by atoms with Gasteiger partial charge in [0.1, 0.15) is 11.5 Å². The Balaban J connectivity index is 1.24. The van der Waals surface area contributed by atoms with E-state index in [0.29, 0.717) is 41.2 Å². The summed E-state index contributed by atoms with van der Waals surface area (Å²) in [6.07, 6.45) is 3.72. The van der Waals surface area contributed by atoms with Crippen molar-refractivity contribution in [2.45, 2.75) is 12.1 Å². The molecule has 1 fully saturated rings. The van der Waals surface area contributed by atoms with Crippen LogP contribution in [-0.4, -0.2) is 51.9 Å². The number of hydrogen-bond donors (Lipinski definition) is 3. The lowest BCUT2D eigenvalue weighted by molar-refractivity contribution is -0.125. The van der Waals surface area contributed by atoms with Gasteiger partial charge in [0.25, 0.3) is 5.91 Å². The summed E-state index contributed by atoms with van der Waals surface area (Å²) in [6.45, 7) is 1.15. The molecule has 2 amide bonds. The predicted octanol–water partition coefficient (Wildman–Crippen LogP) is 6.53. The first-order chi connectivity index (χ1) is 22.6. The zero-order valence-corrected chi connectivity index (χ0v) is 26.1. The number of likely N-dealkylation sites (tertiary alicyclic amines) is 1. The predicted molar refractivity (Wildman–Crippen MR) is 179 cm³/mol. The molecule has 3 N–H and O–H groups in total. The van der Waals surface area contributed by atoms with Gasteiger partial charge in [-0.3, -0.25) is 18.9 Å². The van der Waals surface area contributed by atoms with Crippen molar-refractivity contribution in [1.82, 2.24) is 10.2 Å². The van der Waals surface area contributed by atoms with Crippen molar-refractivity contribution in [1.29, 1.82) is 0 Å². The van der Waals surface area contributed by atoms with Gasteiger partial charge in [-0.2, -0.15) is 0 Å². The molecule has 1 saturated heterocycles. The van der Waals surface area contributed by atoms with Crippen molar-refractivity contribution in [3.8, 4) is 0 Å². The van der Waals surface area contributed by atoms with Gasteiger partial charge in [-0.05, 0) is 75.4 Å². The number of benzene rings is 5. The minimum absolute atomic E-state index is 0.0144.